The fourth-order valence-corrected chi connectivity index (χ4v) is 1.90. The Kier molecular flexibility index (Phi) is 4.42. The van der Waals surface area contributed by atoms with E-state index in [0.717, 1.165) is 27.4 Å². The second-order valence-corrected chi connectivity index (χ2v) is 3.93. The Labute approximate surface area is 109 Å². The summed E-state index contributed by atoms with van der Waals surface area (Å²) in [5.41, 5.74) is -2.12. The molecule has 0 N–H and O–H groups in total. The van der Waals surface area contributed by atoms with Gasteiger partial charge in [-0.05, 0) is 12.5 Å². The largest absolute Gasteiger partial charge is 0.468 e. The van der Waals surface area contributed by atoms with Crippen molar-refractivity contribution in [1.29, 1.82) is 0 Å². The number of carbonyl (C=O) groups is 4. The van der Waals surface area contributed by atoms with E-state index in [-0.39, 0.29) is 18.4 Å². The standard InChI is InChI=1S/C12H14O7/c1-17-9(14)7-6-12(10(15)18-2,11(16)19-3)5-4-8(7)13/h6H,4-5H2,1-3H3. The second kappa shape index (κ2) is 5.64. The third-order valence-corrected chi connectivity index (χ3v) is 2.94. The van der Waals surface area contributed by atoms with Gasteiger partial charge in [0, 0.05) is 6.42 Å². The summed E-state index contributed by atoms with van der Waals surface area (Å²) >= 11 is 0. The number of hydrogen-bond donors (Lipinski definition) is 0. The molecule has 0 atom stereocenters. The highest BCUT2D eigenvalue weighted by Crippen LogP contribution is 2.35. The molecule has 7 nitrogen and oxygen atoms in total. The maximum atomic E-state index is 11.8. The molecule has 0 bridgehead atoms. The third kappa shape index (κ3) is 2.49. The summed E-state index contributed by atoms with van der Waals surface area (Å²) in [7, 11) is 3.31. The van der Waals surface area contributed by atoms with Crippen molar-refractivity contribution in [3.05, 3.63) is 11.6 Å². The Balaban J connectivity index is 3.36. The molecule has 0 radical (unpaired) electrons. The van der Waals surface area contributed by atoms with E-state index in [1.807, 2.05) is 0 Å². The topological polar surface area (TPSA) is 96.0 Å². The lowest BCUT2D eigenvalue weighted by Crippen LogP contribution is -2.43. The molecule has 0 aromatic carbocycles. The van der Waals surface area contributed by atoms with Crippen LogP contribution in [0.1, 0.15) is 12.8 Å². The highest BCUT2D eigenvalue weighted by atomic mass is 16.5. The van der Waals surface area contributed by atoms with E-state index in [1.165, 1.54) is 0 Å². The van der Waals surface area contributed by atoms with Crippen LogP contribution in [0.2, 0.25) is 0 Å². The van der Waals surface area contributed by atoms with Crippen LogP contribution in [0.4, 0.5) is 0 Å². The maximum absolute atomic E-state index is 11.8. The first-order valence-electron chi connectivity index (χ1n) is 5.44. The fourth-order valence-electron chi connectivity index (χ4n) is 1.90. The molecule has 104 valence electrons. The highest BCUT2D eigenvalue weighted by Gasteiger charge is 2.50. The first-order chi connectivity index (χ1) is 8.92. The number of ketones is 1. The Morgan fingerprint density at radius 1 is 1.05 bits per heavy atom. The molecule has 0 aliphatic heterocycles. The van der Waals surface area contributed by atoms with Crippen molar-refractivity contribution in [3.63, 3.8) is 0 Å². The molecule has 1 rings (SSSR count). The molecule has 0 heterocycles. The van der Waals surface area contributed by atoms with E-state index in [4.69, 9.17) is 0 Å². The third-order valence-electron chi connectivity index (χ3n) is 2.94. The Hall–Kier alpha value is -2.18. The van der Waals surface area contributed by atoms with Gasteiger partial charge in [-0.2, -0.15) is 0 Å². The Morgan fingerprint density at radius 2 is 1.58 bits per heavy atom. The van der Waals surface area contributed by atoms with Crippen LogP contribution >= 0.6 is 0 Å². The molecular formula is C12H14O7. The zero-order valence-electron chi connectivity index (χ0n) is 10.8. The number of Topliss-reactive ketones (excluding diaryl/α,β-unsaturated/α-hetero) is 1. The summed E-state index contributed by atoms with van der Waals surface area (Å²) in [5, 5.41) is 0. The van der Waals surface area contributed by atoms with Crippen molar-refractivity contribution in [2.45, 2.75) is 12.8 Å². The van der Waals surface area contributed by atoms with Gasteiger partial charge in [0.25, 0.3) is 0 Å². The summed E-state index contributed by atoms with van der Waals surface area (Å²) in [6.45, 7) is 0. The molecule has 0 amide bonds. The van der Waals surface area contributed by atoms with Gasteiger partial charge in [0.2, 0.25) is 0 Å². The predicted octanol–water partition coefficient (Wildman–Crippen LogP) is -0.219. The minimum Gasteiger partial charge on any atom is -0.468 e. The van der Waals surface area contributed by atoms with Crippen molar-refractivity contribution in [2.24, 2.45) is 5.41 Å². The van der Waals surface area contributed by atoms with E-state index < -0.39 is 29.1 Å². The van der Waals surface area contributed by atoms with Gasteiger partial charge >= 0.3 is 17.9 Å². The number of hydrogen-bond acceptors (Lipinski definition) is 7. The van der Waals surface area contributed by atoms with Gasteiger partial charge in [0.1, 0.15) is 5.57 Å². The number of rotatable bonds is 3. The summed E-state index contributed by atoms with van der Waals surface area (Å²) in [6.07, 6.45) is 0.721. The lowest BCUT2D eigenvalue weighted by Gasteiger charge is -2.28. The molecule has 7 heteroatoms. The van der Waals surface area contributed by atoms with Crippen molar-refractivity contribution >= 4 is 23.7 Å². The number of esters is 3. The van der Waals surface area contributed by atoms with Crippen molar-refractivity contribution in [2.75, 3.05) is 21.3 Å². The number of carbonyl (C=O) groups excluding carboxylic acids is 4. The van der Waals surface area contributed by atoms with Crippen LogP contribution in [0.3, 0.4) is 0 Å². The smallest absolute Gasteiger partial charge is 0.341 e. The van der Waals surface area contributed by atoms with Crippen LogP contribution in [-0.2, 0) is 33.4 Å². The average molecular weight is 270 g/mol. The number of methoxy groups -OCH3 is 3. The van der Waals surface area contributed by atoms with Crippen molar-refractivity contribution < 1.29 is 33.4 Å². The molecule has 0 spiro atoms. The molecule has 0 saturated heterocycles. The number of ether oxygens (including phenoxy) is 3. The zero-order chi connectivity index (χ0) is 14.6. The molecule has 0 aromatic heterocycles. The Bertz CT molecular complexity index is 445. The quantitative estimate of drug-likeness (QED) is 0.303. The van der Waals surface area contributed by atoms with Crippen LogP contribution in [0.5, 0.6) is 0 Å². The van der Waals surface area contributed by atoms with Gasteiger partial charge in [0.15, 0.2) is 11.2 Å². The van der Waals surface area contributed by atoms with E-state index >= 15 is 0 Å². The molecular weight excluding hydrogens is 256 g/mol. The molecule has 0 saturated carbocycles. The summed E-state index contributed by atoms with van der Waals surface area (Å²) in [5.74, 6) is -3.15. The lowest BCUT2D eigenvalue weighted by atomic mass is 9.75. The molecule has 19 heavy (non-hydrogen) atoms. The molecule has 1 aliphatic carbocycles. The summed E-state index contributed by atoms with van der Waals surface area (Å²) < 4.78 is 13.6. The predicted molar refractivity (Wildman–Crippen MR) is 60.8 cm³/mol. The van der Waals surface area contributed by atoms with Crippen LogP contribution in [0.15, 0.2) is 11.6 Å². The van der Waals surface area contributed by atoms with Gasteiger partial charge in [-0.3, -0.25) is 14.4 Å². The first-order valence-corrected chi connectivity index (χ1v) is 5.44. The highest BCUT2D eigenvalue weighted by molar-refractivity contribution is 6.20. The molecule has 0 fully saturated rings. The van der Waals surface area contributed by atoms with Crippen LogP contribution in [0, 0.1) is 5.41 Å². The van der Waals surface area contributed by atoms with Crippen molar-refractivity contribution in [3.8, 4) is 0 Å². The minimum absolute atomic E-state index is 0.105. The van der Waals surface area contributed by atoms with E-state index in [0.29, 0.717) is 0 Å². The summed E-state index contributed by atoms with van der Waals surface area (Å²) in [4.78, 5) is 46.7. The monoisotopic (exact) mass is 270 g/mol. The first kappa shape index (κ1) is 14.9. The van der Waals surface area contributed by atoms with Crippen LogP contribution < -0.4 is 0 Å². The van der Waals surface area contributed by atoms with E-state index in [1.54, 1.807) is 0 Å². The molecule has 0 unspecified atom stereocenters. The average Bonchev–Trinajstić information content (AvgIpc) is 2.45. The van der Waals surface area contributed by atoms with Crippen LogP contribution in [-0.4, -0.2) is 45.0 Å². The summed E-state index contributed by atoms with van der Waals surface area (Å²) in [6, 6.07) is 0. The minimum atomic E-state index is -1.78. The van der Waals surface area contributed by atoms with Gasteiger partial charge in [-0.25, -0.2) is 4.79 Å². The second-order valence-electron chi connectivity index (χ2n) is 3.93. The molecule has 1 aliphatic rings. The normalized spacial score (nSPS) is 17.2. The van der Waals surface area contributed by atoms with Crippen LogP contribution in [0.25, 0.3) is 0 Å². The maximum Gasteiger partial charge on any atom is 0.341 e. The SMILES string of the molecule is COC(=O)C1=CC(C(=O)OC)(C(=O)OC)CCC1=O. The van der Waals surface area contributed by atoms with E-state index in [2.05, 4.69) is 14.2 Å². The molecule has 0 aromatic rings. The van der Waals surface area contributed by atoms with E-state index in [9.17, 15) is 19.2 Å². The fraction of sp³-hybridized carbons (Fsp3) is 0.500. The lowest BCUT2D eigenvalue weighted by molar-refractivity contribution is -0.166. The Morgan fingerprint density at radius 3 is 2.00 bits per heavy atom. The van der Waals surface area contributed by atoms with Gasteiger partial charge in [-0.1, -0.05) is 0 Å². The van der Waals surface area contributed by atoms with Gasteiger partial charge in [-0.15, -0.1) is 0 Å². The zero-order valence-corrected chi connectivity index (χ0v) is 10.8. The van der Waals surface area contributed by atoms with Gasteiger partial charge < -0.3 is 14.2 Å². The van der Waals surface area contributed by atoms with Crippen molar-refractivity contribution in [1.82, 2.24) is 0 Å². The van der Waals surface area contributed by atoms with Gasteiger partial charge in [0.05, 0.1) is 21.3 Å².